The van der Waals surface area contributed by atoms with Crippen molar-refractivity contribution in [3.63, 3.8) is 0 Å². The number of anilines is 1. The topological polar surface area (TPSA) is 66.8 Å². The van der Waals surface area contributed by atoms with Crippen LogP contribution in [0.5, 0.6) is 0 Å². The minimum atomic E-state index is -1.09. The Morgan fingerprint density at radius 3 is 2.33 bits per heavy atom. The van der Waals surface area contributed by atoms with Gasteiger partial charge in [0.2, 0.25) is 0 Å². The number of carbonyl (C=O) groups is 2. The van der Waals surface area contributed by atoms with E-state index in [1.807, 2.05) is 30.3 Å². The minimum absolute atomic E-state index is 0.0525. The summed E-state index contributed by atoms with van der Waals surface area (Å²) >= 11 is 0. The Labute approximate surface area is 122 Å². The fourth-order valence-corrected chi connectivity index (χ4v) is 1.86. The molecular weight excluding hydrogens is 270 g/mol. The number of carbonyl (C=O) groups excluding carboxylic acids is 1. The summed E-state index contributed by atoms with van der Waals surface area (Å²) in [5.41, 5.74) is 1.21. The summed E-state index contributed by atoms with van der Waals surface area (Å²) in [7, 11) is 1.48. The summed E-state index contributed by atoms with van der Waals surface area (Å²) in [6.07, 6.45) is -0.604. The van der Waals surface area contributed by atoms with Gasteiger partial charge in [-0.1, -0.05) is 42.5 Å². The van der Waals surface area contributed by atoms with E-state index in [1.165, 1.54) is 18.0 Å². The second-order valence-electron chi connectivity index (χ2n) is 4.42. The molecule has 0 bridgehead atoms. The van der Waals surface area contributed by atoms with Crippen molar-refractivity contribution in [2.75, 3.05) is 11.9 Å². The van der Waals surface area contributed by atoms with Gasteiger partial charge in [-0.15, -0.1) is 0 Å². The molecule has 2 rings (SSSR count). The average Bonchev–Trinajstić information content (AvgIpc) is 2.52. The molecular formula is C16H15NO4. The van der Waals surface area contributed by atoms with Crippen LogP contribution < -0.4 is 4.90 Å². The number of carboxylic acid groups (broad SMARTS) is 1. The summed E-state index contributed by atoms with van der Waals surface area (Å²) in [5.74, 6) is -1.09. The number of ether oxygens (including phenoxy) is 1. The number of rotatable bonds is 4. The number of nitrogens with zero attached hydrogens (tertiary/aromatic N) is 1. The maximum Gasteiger partial charge on any atom is 0.414 e. The summed E-state index contributed by atoms with van der Waals surface area (Å²) in [6.45, 7) is 0.138. The molecule has 0 radical (unpaired) electrons. The van der Waals surface area contributed by atoms with Gasteiger partial charge in [0, 0.05) is 7.05 Å². The van der Waals surface area contributed by atoms with E-state index < -0.39 is 12.1 Å². The summed E-state index contributed by atoms with van der Waals surface area (Å²) < 4.78 is 5.17. The van der Waals surface area contributed by atoms with Crippen LogP contribution in [0.15, 0.2) is 54.6 Å². The molecule has 0 fully saturated rings. The lowest BCUT2D eigenvalue weighted by Gasteiger charge is -2.18. The molecule has 0 aliphatic heterocycles. The number of aromatic carboxylic acids is 1. The van der Waals surface area contributed by atoms with E-state index in [0.29, 0.717) is 5.69 Å². The molecule has 0 unspecified atom stereocenters. The highest BCUT2D eigenvalue weighted by Crippen LogP contribution is 2.20. The van der Waals surface area contributed by atoms with E-state index in [4.69, 9.17) is 9.84 Å². The van der Waals surface area contributed by atoms with Crippen molar-refractivity contribution in [2.45, 2.75) is 6.61 Å². The van der Waals surface area contributed by atoms with E-state index >= 15 is 0 Å². The molecule has 0 spiro atoms. The molecule has 0 saturated heterocycles. The molecule has 0 aromatic heterocycles. The first kappa shape index (κ1) is 14.6. The lowest BCUT2D eigenvalue weighted by molar-refractivity contribution is 0.0697. The summed E-state index contributed by atoms with van der Waals surface area (Å²) in [4.78, 5) is 24.3. The zero-order chi connectivity index (χ0) is 15.2. The number of amides is 1. The van der Waals surface area contributed by atoms with Gasteiger partial charge in [-0.2, -0.15) is 0 Å². The van der Waals surface area contributed by atoms with Gasteiger partial charge in [0.05, 0.1) is 11.3 Å². The minimum Gasteiger partial charge on any atom is -0.478 e. The van der Waals surface area contributed by atoms with Gasteiger partial charge in [0.15, 0.2) is 0 Å². The quantitative estimate of drug-likeness (QED) is 0.937. The fourth-order valence-electron chi connectivity index (χ4n) is 1.86. The Bertz CT molecular complexity index is 640. The van der Waals surface area contributed by atoms with Crippen molar-refractivity contribution < 1.29 is 19.4 Å². The first-order valence-corrected chi connectivity index (χ1v) is 6.36. The second-order valence-corrected chi connectivity index (χ2v) is 4.42. The molecule has 0 aliphatic rings. The van der Waals surface area contributed by atoms with Crippen LogP contribution in [0.1, 0.15) is 15.9 Å². The largest absolute Gasteiger partial charge is 0.478 e. The zero-order valence-electron chi connectivity index (χ0n) is 11.5. The predicted octanol–water partition coefficient (Wildman–Crippen LogP) is 3.16. The van der Waals surface area contributed by atoms with Crippen LogP contribution >= 0.6 is 0 Å². The molecule has 2 aromatic rings. The smallest absolute Gasteiger partial charge is 0.414 e. The zero-order valence-corrected chi connectivity index (χ0v) is 11.5. The van der Waals surface area contributed by atoms with Gasteiger partial charge in [-0.05, 0) is 17.7 Å². The first-order chi connectivity index (χ1) is 10.1. The van der Waals surface area contributed by atoms with Crippen molar-refractivity contribution in [3.8, 4) is 0 Å². The Morgan fingerprint density at radius 1 is 1.05 bits per heavy atom. The van der Waals surface area contributed by atoms with Gasteiger partial charge in [-0.25, -0.2) is 9.59 Å². The van der Waals surface area contributed by atoms with Crippen LogP contribution in [0.2, 0.25) is 0 Å². The number of carboxylic acids is 1. The van der Waals surface area contributed by atoms with Gasteiger partial charge in [0.1, 0.15) is 6.61 Å². The maximum atomic E-state index is 12.0. The van der Waals surface area contributed by atoms with Gasteiger partial charge < -0.3 is 9.84 Å². The van der Waals surface area contributed by atoms with E-state index in [0.717, 1.165) is 5.56 Å². The van der Waals surface area contributed by atoms with E-state index in [9.17, 15) is 9.59 Å². The lowest BCUT2D eigenvalue weighted by Crippen LogP contribution is -2.28. The van der Waals surface area contributed by atoms with E-state index in [-0.39, 0.29) is 12.2 Å². The molecule has 1 amide bonds. The Kier molecular flexibility index (Phi) is 4.56. The molecule has 21 heavy (non-hydrogen) atoms. The molecule has 0 atom stereocenters. The van der Waals surface area contributed by atoms with Gasteiger partial charge in [0.25, 0.3) is 0 Å². The van der Waals surface area contributed by atoms with Crippen LogP contribution in [0.25, 0.3) is 0 Å². The van der Waals surface area contributed by atoms with Crippen molar-refractivity contribution in [3.05, 3.63) is 65.7 Å². The SMILES string of the molecule is CN(C(=O)OCc1ccccc1)c1ccccc1C(=O)O. The molecule has 0 aliphatic carbocycles. The molecule has 1 N–H and O–H groups in total. The van der Waals surface area contributed by atoms with Gasteiger partial charge in [-0.3, -0.25) is 4.90 Å². The number of para-hydroxylation sites is 1. The van der Waals surface area contributed by atoms with Gasteiger partial charge >= 0.3 is 12.1 Å². The molecule has 2 aromatic carbocycles. The van der Waals surface area contributed by atoms with Crippen molar-refractivity contribution in [1.29, 1.82) is 0 Å². The highest BCUT2D eigenvalue weighted by Gasteiger charge is 2.18. The van der Waals surface area contributed by atoms with Crippen molar-refractivity contribution in [1.82, 2.24) is 0 Å². The Hall–Kier alpha value is -2.82. The van der Waals surface area contributed by atoms with Crippen molar-refractivity contribution >= 4 is 17.7 Å². The number of hydrogen-bond donors (Lipinski definition) is 1. The second kappa shape index (κ2) is 6.56. The Morgan fingerprint density at radius 2 is 1.67 bits per heavy atom. The normalized spacial score (nSPS) is 9.95. The predicted molar refractivity (Wildman–Crippen MR) is 78.4 cm³/mol. The molecule has 0 heterocycles. The summed E-state index contributed by atoms with van der Waals surface area (Å²) in [5, 5.41) is 9.13. The van der Waals surface area contributed by atoms with Crippen LogP contribution in [0.4, 0.5) is 10.5 Å². The maximum absolute atomic E-state index is 12.0. The molecule has 108 valence electrons. The highest BCUT2D eigenvalue weighted by molar-refractivity contribution is 5.99. The molecule has 5 nitrogen and oxygen atoms in total. The molecule has 5 heteroatoms. The van der Waals surface area contributed by atoms with E-state index in [2.05, 4.69) is 0 Å². The lowest BCUT2D eigenvalue weighted by atomic mass is 10.1. The van der Waals surface area contributed by atoms with Crippen molar-refractivity contribution in [2.24, 2.45) is 0 Å². The third-order valence-corrected chi connectivity index (χ3v) is 2.97. The monoisotopic (exact) mass is 285 g/mol. The van der Waals surface area contributed by atoms with Crippen LogP contribution in [-0.4, -0.2) is 24.2 Å². The number of benzene rings is 2. The Balaban J connectivity index is 2.08. The third-order valence-electron chi connectivity index (χ3n) is 2.97. The highest BCUT2D eigenvalue weighted by atomic mass is 16.6. The fraction of sp³-hybridized carbons (Fsp3) is 0.125. The van der Waals surface area contributed by atoms with Crippen LogP contribution in [0, 0.1) is 0 Å². The number of hydrogen-bond acceptors (Lipinski definition) is 3. The third kappa shape index (κ3) is 3.60. The summed E-state index contributed by atoms with van der Waals surface area (Å²) in [6, 6.07) is 15.6. The molecule has 0 saturated carbocycles. The van der Waals surface area contributed by atoms with Crippen LogP contribution in [0.3, 0.4) is 0 Å². The average molecular weight is 285 g/mol. The first-order valence-electron chi connectivity index (χ1n) is 6.36. The van der Waals surface area contributed by atoms with E-state index in [1.54, 1.807) is 18.2 Å². The van der Waals surface area contributed by atoms with Crippen LogP contribution in [-0.2, 0) is 11.3 Å². The standard InChI is InChI=1S/C16H15NO4/c1-17(14-10-6-5-9-13(14)15(18)19)16(20)21-11-12-7-3-2-4-8-12/h2-10H,11H2,1H3,(H,18,19).